The van der Waals surface area contributed by atoms with Crippen molar-refractivity contribution in [1.29, 1.82) is 0 Å². The van der Waals surface area contributed by atoms with Crippen molar-refractivity contribution >= 4 is 29.2 Å². The molecular weight excluding hydrogens is 454 g/mol. The van der Waals surface area contributed by atoms with Crippen molar-refractivity contribution in [2.24, 2.45) is 5.92 Å². The SMILES string of the molecule is CN(C(=O)CCCCCN1CCC(CNC(=O)c2cc(Cl)c(N)[nH]c2=O)CC1)C1CCCCC1. The molecule has 190 valence electrons. The van der Waals surface area contributed by atoms with Crippen molar-refractivity contribution in [2.75, 3.05) is 39.0 Å². The number of nitrogens with two attached hydrogens (primary N) is 1. The highest BCUT2D eigenvalue weighted by Crippen LogP contribution is 2.22. The molecule has 0 atom stereocenters. The smallest absolute Gasteiger partial charge is 0.262 e. The van der Waals surface area contributed by atoms with Crippen LogP contribution in [0.2, 0.25) is 5.02 Å². The fourth-order valence-electron chi connectivity index (χ4n) is 5.07. The van der Waals surface area contributed by atoms with E-state index < -0.39 is 11.5 Å². The Bertz CT molecular complexity index is 876. The van der Waals surface area contributed by atoms with E-state index in [1.807, 2.05) is 11.9 Å². The minimum Gasteiger partial charge on any atom is -0.384 e. The molecule has 0 radical (unpaired) electrons. The van der Waals surface area contributed by atoms with Crippen LogP contribution in [0.25, 0.3) is 0 Å². The Balaban J connectivity index is 1.26. The van der Waals surface area contributed by atoms with E-state index in [0.717, 1.165) is 64.6 Å². The van der Waals surface area contributed by atoms with Crippen LogP contribution in [-0.4, -0.2) is 65.9 Å². The summed E-state index contributed by atoms with van der Waals surface area (Å²) in [7, 11) is 1.98. The van der Waals surface area contributed by atoms with Gasteiger partial charge in [-0.05, 0) is 70.1 Å². The Kier molecular flexibility index (Phi) is 10.3. The summed E-state index contributed by atoms with van der Waals surface area (Å²) >= 11 is 5.92. The zero-order valence-electron chi connectivity index (χ0n) is 20.4. The van der Waals surface area contributed by atoms with Crippen molar-refractivity contribution in [3.05, 3.63) is 27.0 Å². The predicted octanol–water partition coefficient (Wildman–Crippen LogP) is 3.40. The maximum Gasteiger partial charge on any atom is 0.262 e. The molecule has 3 rings (SSSR count). The molecule has 1 aliphatic carbocycles. The first kappa shape index (κ1) is 26.5. The summed E-state index contributed by atoms with van der Waals surface area (Å²) in [5.74, 6) is 0.345. The molecule has 2 amide bonds. The van der Waals surface area contributed by atoms with Gasteiger partial charge < -0.3 is 25.8 Å². The van der Waals surface area contributed by atoms with E-state index >= 15 is 0 Å². The maximum absolute atomic E-state index is 12.4. The van der Waals surface area contributed by atoms with Gasteiger partial charge in [-0.1, -0.05) is 37.3 Å². The Morgan fingerprint density at radius 1 is 1.15 bits per heavy atom. The number of piperidine rings is 1. The molecule has 1 saturated carbocycles. The zero-order chi connectivity index (χ0) is 24.5. The number of nitrogens with one attached hydrogen (secondary N) is 2. The molecule has 9 heteroatoms. The van der Waals surface area contributed by atoms with Gasteiger partial charge >= 0.3 is 0 Å². The van der Waals surface area contributed by atoms with Crippen LogP contribution < -0.4 is 16.6 Å². The van der Waals surface area contributed by atoms with Crippen molar-refractivity contribution in [3.63, 3.8) is 0 Å². The summed E-state index contributed by atoms with van der Waals surface area (Å²) in [4.78, 5) is 43.6. The number of anilines is 1. The number of nitrogens with zero attached hydrogens (tertiary/aromatic N) is 2. The van der Waals surface area contributed by atoms with Crippen molar-refractivity contribution in [1.82, 2.24) is 20.1 Å². The lowest BCUT2D eigenvalue weighted by molar-refractivity contribution is -0.132. The molecule has 0 unspecified atom stereocenters. The first-order valence-corrected chi connectivity index (χ1v) is 13.2. The average molecular weight is 494 g/mol. The highest BCUT2D eigenvalue weighted by molar-refractivity contribution is 6.33. The summed E-state index contributed by atoms with van der Waals surface area (Å²) in [6.07, 6.45) is 12.0. The molecule has 2 fully saturated rings. The van der Waals surface area contributed by atoms with E-state index in [4.69, 9.17) is 17.3 Å². The van der Waals surface area contributed by atoms with Gasteiger partial charge in [-0.25, -0.2) is 0 Å². The number of aromatic amines is 1. The largest absolute Gasteiger partial charge is 0.384 e. The van der Waals surface area contributed by atoms with Gasteiger partial charge in [-0.3, -0.25) is 14.4 Å². The lowest BCUT2D eigenvalue weighted by Crippen LogP contribution is -2.40. The molecule has 34 heavy (non-hydrogen) atoms. The standard InChI is InChI=1S/C25H40ClN5O3/c1-30(19-8-4-2-5-9-19)22(32)10-6-3-7-13-31-14-11-18(12-15-31)17-28-24(33)20-16-21(26)23(27)29-25(20)34/h16,18-19H,2-15,17H2,1H3,(H,28,33)(H3,27,29,34). The number of halogens is 1. The number of rotatable bonds is 10. The summed E-state index contributed by atoms with van der Waals surface area (Å²) in [6, 6.07) is 1.77. The summed E-state index contributed by atoms with van der Waals surface area (Å²) in [5, 5.41) is 3.03. The molecular formula is C25H40ClN5O3. The van der Waals surface area contributed by atoms with Gasteiger partial charge in [0.15, 0.2) is 0 Å². The van der Waals surface area contributed by atoms with Crippen LogP contribution in [0.15, 0.2) is 10.9 Å². The molecule has 1 saturated heterocycles. The lowest BCUT2D eigenvalue weighted by atomic mass is 9.94. The number of nitrogen functional groups attached to an aromatic ring is 1. The van der Waals surface area contributed by atoms with E-state index in [1.54, 1.807) is 0 Å². The number of pyridine rings is 1. The Morgan fingerprint density at radius 3 is 2.56 bits per heavy atom. The average Bonchev–Trinajstić information content (AvgIpc) is 2.85. The van der Waals surface area contributed by atoms with Gasteiger partial charge in [0.2, 0.25) is 5.91 Å². The quantitative estimate of drug-likeness (QED) is 0.432. The van der Waals surface area contributed by atoms with Gasteiger partial charge in [0.1, 0.15) is 11.4 Å². The van der Waals surface area contributed by atoms with Crippen LogP contribution in [0, 0.1) is 5.92 Å². The number of aromatic nitrogens is 1. The monoisotopic (exact) mass is 493 g/mol. The van der Waals surface area contributed by atoms with Crippen LogP contribution in [0.4, 0.5) is 5.82 Å². The minimum absolute atomic E-state index is 0.0138. The molecule has 1 aromatic heterocycles. The Hall–Kier alpha value is -2.06. The van der Waals surface area contributed by atoms with Crippen molar-refractivity contribution in [2.45, 2.75) is 76.7 Å². The number of carbonyl (C=O) groups is 2. The van der Waals surface area contributed by atoms with E-state index in [-0.39, 0.29) is 16.4 Å². The number of unbranched alkanes of at least 4 members (excludes halogenated alkanes) is 2. The van der Waals surface area contributed by atoms with Gasteiger partial charge in [0, 0.05) is 26.1 Å². The Labute approximate surface area is 207 Å². The highest BCUT2D eigenvalue weighted by Gasteiger charge is 2.22. The number of likely N-dealkylation sites (tertiary alicyclic amines) is 1. The number of H-pyrrole nitrogens is 1. The van der Waals surface area contributed by atoms with E-state index in [1.165, 1.54) is 25.3 Å². The van der Waals surface area contributed by atoms with E-state index in [9.17, 15) is 14.4 Å². The number of hydrogen-bond acceptors (Lipinski definition) is 5. The summed E-state index contributed by atoms with van der Waals surface area (Å²) < 4.78 is 0. The van der Waals surface area contributed by atoms with E-state index in [2.05, 4.69) is 15.2 Å². The zero-order valence-corrected chi connectivity index (χ0v) is 21.2. The molecule has 4 N–H and O–H groups in total. The van der Waals surface area contributed by atoms with Gasteiger partial charge in [-0.2, -0.15) is 0 Å². The second-order valence-electron chi connectivity index (χ2n) is 9.88. The second-order valence-corrected chi connectivity index (χ2v) is 10.3. The molecule has 1 aromatic rings. The van der Waals surface area contributed by atoms with Crippen LogP contribution >= 0.6 is 11.6 Å². The normalized spacial score (nSPS) is 18.1. The molecule has 1 aliphatic heterocycles. The van der Waals surface area contributed by atoms with Gasteiger partial charge in [-0.15, -0.1) is 0 Å². The van der Waals surface area contributed by atoms with Crippen LogP contribution in [0.1, 0.15) is 81.0 Å². The van der Waals surface area contributed by atoms with Gasteiger partial charge in [0.05, 0.1) is 5.02 Å². The first-order valence-electron chi connectivity index (χ1n) is 12.8. The molecule has 0 aromatic carbocycles. The van der Waals surface area contributed by atoms with Crippen molar-refractivity contribution in [3.8, 4) is 0 Å². The maximum atomic E-state index is 12.4. The third kappa shape index (κ3) is 7.73. The highest BCUT2D eigenvalue weighted by atomic mass is 35.5. The fourth-order valence-corrected chi connectivity index (χ4v) is 5.23. The fraction of sp³-hybridized carbons (Fsp3) is 0.720. The third-order valence-corrected chi connectivity index (χ3v) is 7.72. The van der Waals surface area contributed by atoms with Gasteiger partial charge in [0.25, 0.3) is 11.5 Å². The van der Waals surface area contributed by atoms with Crippen LogP contribution in [0.5, 0.6) is 0 Å². The van der Waals surface area contributed by atoms with Crippen LogP contribution in [0.3, 0.4) is 0 Å². The van der Waals surface area contributed by atoms with E-state index in [0.29, 0.717) is 30.8 Å². The van der Waals surface area contributed by atoms with Crippen molar-refractivity contribution < 1.29 is 9.59 Å². The molecule has 2 heterocycles. The third-order valence-electron chi connectivity index (χ3n) is 7.41. The summed E-state index contributed by atoms with van der Waals surface area (Å²) in [5.41, 5.74) is 5.01. The molecule has 0 spiro atoms. The molecule has 8 nitrogen and oxygen atoms in total. The number of amides is 2. The number of hydrogen-bond donors (Lipinski definition) is 3. The number of carbonyl (C=O) groups excluding carboxylic acids is 2. The van der Waals surface area contributed by atoms with Crippen LogP contribution in [-0.2, 0) is 4.79 Å². The Morgan fingerprint density at radius 2 is 1.85 bits per heavy atom. The predicted molar refractivity (Wildman–Crippen MR) is 136 cm³/mol. The molecule has 2 aliphatic rings. The molecule has 0 bridgehead atoms. The summed E-state index contributed by atoms with van der Waals surface area (Å²) in [6.45, 7) is 3.63. The topological polar surface area (TPSA) is 112 Å². The second kappa shape index (κ2) is 13.1. The minimum atomic E-state index is -0.531. The first-order chi connectivity index (χ1) is 16.3. The lowest BCUT2D eigenvalue weighted by Gasteiger charge is -2.32.